The Kier molecular flexibility index (Phi) is 8.45. The van der Waals surface area contributed by atoms with Crippen molar-refractivity contribution in [3.05, 3.63) is 40.8 Å². The van der Waals surface area contributed by atoms with Crippen LogP contribution in [0.15, 0.2) is 36.0 Å². The minimum atomic E-state index is 1.20. The molecule has 0 aromatic carbocycles. The van der Waals surface area contributed by atoms with Crippen LogP contribution in [-0.4, -0.2) is 4.98 Å². The van der Waals surface area contributed by atoms with Gasteiger partial charge in [0.15, 0.2) is 0 Å². The number of aromatic nitrogens is 1. The first-order chi connectivity index (χ1) is 7.86. The van der Waals surface area contributed by atoms with Gasteiger partial charge in [0.25, 0.3) is 0 Å². The van der Waals surface area contributed by atoms with Crippen molar-refractivity contribution in [1.29, 1.82) is 0 Å². The molecular formula is C14H21NS. The molecule has 0 radical (unpaired) electrons. The molecule has 0 unspecified atom stereocenters. The Morgan fingerprint density at radius 3 is 2.19 bits per heavy atom. The highest BCUT2D eigenvalue weighted by molar-refractivity contribution is 7.10. The van der Waals surface area contributed by atoms with Crippen LogP contribution in [0.25, 0.3) is 11.1 Å². The number of nitrogens with zero attached hydrogens (tertiary/aromatic N) is 1. The summed E-state index contributed by atoms with van der Waals surface area (Å²) in [5.74, 6) is 0. The monoisotopic (exact) mass is 235 g/mol. The third-order valence-corrected chi connectivity index (χ3v) is 2.59. The van der Waals surface area contributed by atoms with Crippen molar-refractivity contribution in [3.63, 3.8) is 0 Å². The van der Waals surface area contributed by atoms with E-state index < -0.39 is 0 Å². The summed E-state index contributed by atoms with van der Waals surface area (Å²) in [4.78, 5) is 5.42. The number of hydrogen-bond donors (Lipinski definition) is 0. The van der Waals surface area contributed by atoms with Crippen LogP contribution in [0.1, 0.15) is 32.6 Å². The van der Waals surface area contributed by atoms with E-state index in [9.17, 15) is 0 Å². The van der Waals surface area contributed by atoms with Gasteiger partial charge in [0.1, 0.15) is 0 Å². The molecular weight excluding hydrogens is 214 g/mol. The zero-order valence-electron chi connectivity index (χ0n) is 10.8. The smallest absolute Gasteiger partial charge is 0.0346 e. The number of aryl methyl sites for hydroxylation is 1. The third kappa shape index (κ3) is 4.58. The normalized spacial score (nSPS) is 8.31. The topological polar surface area (TPSA) is 12.9 Å². The lowest BCUT2D eigenvalue weighted by molar-refractivity contribution is 1.33. The molecule has 2 aromatic rings. The molecule has 0 fully saturated rings. The van der Waals surface area contributed by atoms with Crippen LogP contribution >= 0.6 is 11.3 Å². The molecule has 2 aromatic heterocycles. The maximum absolute atomic E-state index is 4.07. The molecule has 2 rings (SSSR count). The standard InChI is InChI=1S/C10H9NS.2C2H6/c1-8-5-10(7-12-8)9-3-2-4-11-6-9;2*1-2/h2-7H,1H3;2*1-2H3. The molecule has 0 atom stereocenters. The van der Waals surface area contributed by atoms with Crippen molar-refractivity contribution in [2.45, 2.75) is 34.6 Å². The SMILES string of the molecule is CC.CC.Cc1cc(-c2cccnc2)cs1. The fourth-order valence-corrected chi connectivity index (χ4v) is 1.84. The third-order valence-electron chi connectivity index (χ3n) is 1.73. The van der Waals surface area contributed by atoms with Gasteiger partial charge in [0, 0.05) is 22.8 Å². The van der Waals surface area contributed by atoms with Gasteiger partial charge < -0.3 is 0 Å². The molecule has 88 valence electrons. The largest absolute Gasteiger partial charge is 0.264 e. The average molecular weight is 235 g/mol. The molecule has 0 aliphatic carbocycles. The number of hydrogen-bond acceptors (Lipinski definition) is 2. The van der Waals surface area contributed by atoms with Gasteiger partial charge in [-0.3, -0.25) is 4.98 Å². The maximum Gasteiger partial charge on any atom is 0.0346 e. The fraction of sp³-hybridized carbons (Fsp3) is 0.357. The van der Waals surface area contributed by atoms with Crippen LogP contribution < -0.4 is 0 Å². The molecule has 0 aliphatic rings. The van der Waals surface area contributed by atoms with Crippen LogP contribution in [0.3, 0.4) is 0 Å². The lowest BCUT2D eigenvalue weighted by Gasteiger charge is -1.93. The first kappa shape index (κ1) is 14.8. The summed E-state index contributed by atoms with van der Waals surface area (Å²) in [5.41, 5.74) is 2.47. The van der Waals surface area contributed by atoms with Gasteiger partial charge in [-0.2, -0.15) is 0 Å². The van der Waals surface area contributed by atoms with Crippen LogP contribution in [-0.2, 0) is 0 Å². The summed E-state index contributed by atoms with van der Waals surface area (Å²) < 4.78 is 0. The summed E-state index contributed by atoms with van der Waals surface area (Å²) in [7, 11) is 0. The molecule has 0 amide bonds. The average Bonchev–Trinajstić information content (AvgIpc) is 2.82. The Bertz CT molecular complexity index is 365. The molecule has 2 heteroatoms. The van der Waals surface area contributed by atoms with Crippen molar-refractivity contribution in [1.82, 2.24) is 4.98 Å². The number of pyridine rings is 1. The molecule has 0 bridgehead atoms. The summed E-state index contributed by atoms with van der Waals surface area (Å²) >= 11 is 1.77. The second-order valence-electron chi connectivity index (χ2n) is 2.69. The number of rotatable bonds is 1. The molecule has 2 heterocycles. The van der Waals surface area contributed by atoms with Crippen LogP contribution in [0, 0.1) is 6.92 Å². The first-order valence-electron chi connectivity index (χ1n) is 5.82. The minimum Gasteiger partial charge on any atom is -0.264 e. The number of thiophene rings is 1. The van der Waals surface area contributed by atoms with Crippen molar-refractivity contribution < 1.29 is 0 Å². The molecule has 0 aliphatic heterocycles. The van der Waals surface area contributed by atoms with E-state index in [1.165, 1.54) is 16.0 Å². The van der Waals surface area contributed by atoms with E-state index in [0.29, 0.717) is 0 Å². The Morgan fingerprint density at radius 1 is 1.06 bits per heavy atom. The predicted molar refractivity (Wildman–Crippen MR) is 75.0 cm³/mol. The van der Waals surface area contributed by atoms with E-state index in [1.807, 2.05) is 40.0 Å². The van der Waals surface area contributed by atoms with Gasteiger partial charge >= 0.3 is 0 Å². The predicted octanol–water partition coefficient (Wildman–Crippen LogP) is 5.17. The highest BCUT2D eigenvalue weighted by Crippen LogP contribution is 2.23. The second kappa shape index (κ2) is 9.10. The molecule has 1 nitrogen and oxygen atoms in total. The van der Waals surface area contributed by atoms with E-state index in [-0.39, 0.29) is 0 Å². The maximum atomic E-state index is 4.07. The fourth-order valence-electron chi connectivity index (χ4n) is 1.13. The van der Waals surface area contributed by atoms with E-state index in [4.69, 9.17) is 0 Å². The Labute approximate surface area is 103 Å². The quantitative estimate of drug-likeness (QED) is 0.664. The Hall–Kier alpha value is -1.15. The molecule has 0 saturated carbocycles. The lowest BCUT2D eigenvalue weighted by atomic mass is 10.1. The summed E-state index contributed by atoms with van der Waals surface area (Å²) in [5, 5.41) is 2.16. The van der Waals surface area contributed by atoms with E-state index in [1.54, 1.807) is 17.5 Å². The second-order valence-corrected chi connectivity index (χ2v) is 3.80. The molecule has 0 saturated heterocycles. The van der Waals surface area contributed by atoms with E-state index in [0.717, 1.165) is 0 Å². The molecule has 0 spiro atoms. The van der Waals surface area contributed by atoms with Crippen molar-refractivity contribution >= 4 is 11.3 Å². The van der Waals surface area contributed by atoms with Crippen molar-refractivity contribution in [2.24, 2.45) is 0 Å². The zero-order valence-corrected chi connectivity index (χ0v) is 11.6. The highest BCUT2D eigenvalue weighted by Gasteiger charge is 1.97. The van der Waals surface area contributed by atoms with Gasteiger partial charge in [0.2, 0.25) is 0 Å². The Morgan fingerprint density at radius 2 is 1.75 bits per heavy atom. The molecule has 16 heavy (non-hydrogen) atoms. The zero-order chi connectivity index (χ0) is 12.4. The first-order valence-corrected chi connectivity index (χ1v) is 6.70. The van der Waals surface area contributed by atoms with Gasteiger partial charge in [-0.25, -0.2) is 0 Å². The van der Waals surface area contributed by atoms with Crippen molar-refractivity contribution in [3.8, 4) is 11.1 Å². The van der Waals surface area contributed by atoms with E-state index in [2.05, 4.69) is 29.4 Å². The van der Waals surface area contributed by atoms with Gasteiger partial charge in [-0.05, 0) is 30.0 Å². The molecule has 0 N–H and O–H groups in total. The summed E-state index contributed by atoms with van der Waals surface area (Å²) in [6.45, 7) is 10.1. The minimum absolute atomic E-state index is 1.20. The lowest BCUT2D eigenvalue weighted by Crippen LogP contribution is -1.73. The van der Waals surface area contributed by atoms with Crippen molar-refractivity contribution in [2.75, 3.05) is 0 Å². The van der Waals surface area contributed by atoms with Crippen LogP contribution in [0.4, 0.5) is 0 Å². The summed E-state index contributed by atoms with van der Waals surface area (Å²) in [6.07, 6.45) is 3.68. The van der Waals surface area contributed by atoms with Gasteiger partial charge in [-0.15, -0.1) is 11.3 Å². The van der Waals surface area contributed by atoms with Gasteiger partial charge in [-0.1, -0.05) is 33.8 Å². The van der Waals surface area contributed by atoms with E-state index >= 15 is 0 Å². The van der Waals surface area contributed by atoms with Gasteiger partial charge in [0.05, 0.1) is 0 Å². The highest BCUT2D eigenvalue weighted by atomic mass is 32.1. The Balaban J connectivity index is 0.000000509. The summed E-state index contributed by atoms with van der Waals surface area (Å²) in [6, 6.07) is 6.22. The van der Waals surface area contributed by atoms with Crippen LogP contribution in [0.5, 0.6) is 0 Å². The van der Waals surface area contributed by atoms with Crippen LogP contribution in [0.2, 0.25) is 0 Å².